The molecule has 10 heteroatoms. The standard InChI is InChI=1S/C21H23N9S/c1-14(17-24-19(22)26-20(25-17)29(2)3)31-21-28-27-18(16-10-7-11-23-12-16)30(21)13-15-8-5-4-6-9-15/h4-12,14H,13H2,1-3H3,(H2,22,24,25,26)/t14-/m1/s1. The van der Waals surface area contributed by atoms with Crippen molar-refractivity contribution in [3.05, 3.63) is 66.2 Å². The lowest BCUT2D eigenvalue weighted by Crippen LogP contribution is -2.16. The molecule has 0 saturated heterocycles. The Morgan fingerprint density at radius 3 is 2.55 bits per heavy atom. The van der Waals surface area contributed by atoms with Crippen molar-refractivity contribution in [3.8, 4) is 11.4 Å². The molecule has 1 atom stereocenters. The van der Waals surface area contributed by atoms with E-state index in [1.54, 1.807) is 17.3 Å². The van der Waals surface area contributed by atoms with Gasteiger partial charge in [-0.05, 0) is 24.6 Å². The van der Waals surface area contributed by atoms with Gasteiger partial charge in [0, 0.05) is 32.1 Å². The maximum Gasteiger partial charge on any atom is 0.229 e. The van der Waals surface area contributed by atoms with Crippen LogP contribution in [-0.4, -0.2) is 48.8 Å². The van der Waals surface area contributed by atoms with Crippen molar-refractivity contribution < 1.29 is 0 Å². The third-order valence-electron chi connectivity index (χ3n) is 4.52. The summed E-state index contributed by atoms with van der Waals surface area (Å²) in [6.07, 6.45) is 3.53. The van der Waals surface area contributed by atoms with Gasteiger partial charge in [0.1, 0.15) is 5.82 Å². The molecule has 1 aromatic carbocycles. The Morgan fingerprint density at radius 2 is 1.84 bits per heavy atom. The molecule has 3 heterocycles. The van der Waals surface area contributed by atoms with Crippen molar-refractivity contribution >= 4 is 23.7 Å². The number of aromatic nitrogens is 7. The maximum atomic E-state index is 5.90. The first-order chi connectivity index (χ1) is 15.0. The minimum absolute atomic E-state index is 0.107. The van der Waals surface area contributed by atoms with Gasteiger partial charge in [0.15, 0.2) is 11.0 Å². The molecule has 0 aliphatic heterocycles. The Bertz CT molecular complexity index is 1150. The number of nitrogens with zero attached hydrogens (tertiary/aromatic N) is 8. The number of nitrogens with two attached hydrogens (primary N) is 1. The average molecular weight is 434 g/mol. The summed E-state index contributed by atoms with van der Waals surface area (Å²) in [5.41, 5.74) is 7.96. The summed E-state index contributed by atoms with van der Waals surface area (Å²) in [7, 11) is 3.74. The van der Waals surface area contributed by atoms with Gasteiger partial charge in [0.2, 0.25) is 11.9 Å². The molecule has 0 radical (unpaired) electrons. The van der Waals surface area contributed by atoms with Gasteiger partial charge in [0.25, 0.3) is 0 Å². The molecule has 0 bridgehead atoms. The van der Waals surface area contributed by atoms with Gasteiger partial charge in [-0.15, -0.1) is 10.2 Å². The van der Waals surface area contributed by atoms with E-state index in [1.165, 1.54) is 11.8 Å². The van der Waals surface area contributed by atoms with E-state index in [1.807, 2.05) is 51.4 Å². The van der Waals surface area contributed by atoms with Gasteiger partial charge in [-0.2, -0.15) is 15.0 Å². The molecular weight excluding hydrogens is 410 g/mol. The summed E-state index contributed by atoms with van der Waals surface area (Å²) in [6, 6.07) is 14.1. The predicted molar refractivity (Wildman–Crippen MR) is 122 cm³/mol. The van der Waals surface area contributed by atoms with Crippen LogP contribution < -0.4 is 10.6 Å². The molecule has 4 aromatic rings. The van der Waals surface area contributed by atoms with Crippen molar-refractivity contribution in [2.75, 3.05) is 24.7 Å². The minimum atomic E-state index is -0.107. The Morgan fingerprint density at radius 1 is 1.03 bits per heavy atom. The zero-order valence-electron chi connectivity index (χ0n) is 17.5. The number of hydrogen-bond donors (Lipinski definition) is 1. The second kappa shape index (κ2) is 9.09. The second-order valence-corrected chi connectivity index (χ2v) is 8.43. The lowest BCUT2D eigenvalue weighted by Gasteiger charge is -2.15. The van der Waals surface area contributed by atoms with E-state index in [2.05, 4.69) is 46.8 Å². The highest BCUT2D eigenvalue weighted by molar-refractivity contribution is 7.99. The normalized spacial score (nSPS) is 12.0. The highest BCUT2D eigenvalue weighted by atomic mass is 32.2. The molecule has 0 amide bonds. The molecule has 0 saturated carbocycles. The molecule has 158 valence electrons. The van der Waals surface area contributed by atoms with Crippen molar-refractivity contribution in [1.29, 1.82) is 0 Å². The first-order valence-electron chi connectivity index (χ1n) is 9.74. The molecule has 31 heavy (non-hydrogen) atoms. The number of benzene rings is 1. The highest BCUT2D eigenvalue weighted by Gasteiger charge is 2.21. The molecule has 0 spiro atoms. The third kappa shape index (κ3) is 4.80. The van der Waals surface area contributed by atoms with E-state index in [4.69, 9.17) is 5.73 Å². The first-order valence-corrected chi connectivity index (χ1v) is 10.6. The van der Waals surface area contributed by atoms with Crippen molar-refractivity contribution in [2.45, 2.75) is 23.9 Å². The van der Waals surface area contributed by atoms with E-state index in [-0.39, 0.29) is 11.2 Å². The van der Waals surface area contributed by atoms with Crippen LogP contribution >= 0.6 is 11.8 Å². The Balaban J connectivity index is 1.69. The number of anilines is 2. The van der Waals surface area contributed by atoms with Crippen molar-refractivity contribution in [2.24, 2.45) is 0 Å². The lowest BCUT2D eigenvalue weighted by atomic mass is 10.2. The van der Waals surface area contributed by atoms with Gasteiger partial charge < -0.3 is 10.6 Å². The van der Waals surface area contributed by atoms with Gasteiger partial charge in [-0.3, -0.25) is 9.55 Å². The minimum Gasteiger partial charge on any atom is -0.368 e. The van der Waals surface area contributed by atoms with E-state index in [0.717, 1.165) is 22.1 Å². The second-order valence-electron chi connectivity index (χ2n) is 7.13. The monoisotopic (exact) mass is 433 g/mol. The summed E-state index contributed by atoms with van der Waals surface area (Å²) in [5.74, 6) is 2.08. The largest absolute Gasteiger partial charge is 0.368 e. The molecule has 2 N–H and O–H groups in total. The fourth-order valence-electron chi connectivity index (χ4n) is 2.98. The quantitative estimate of drug-likeness (QED) is 0.439. The number of nitrogen functional groups attached to an aromatic ring is 1. The highest BCUT2D eigenvalue weighted by Crippen LogP contribution is 2.34. The summed E-state index contributed by atoms with van der Waals surface area (Å²) in [4.78, 5) is 19.1. The molecule has 3 aromatic heterocycles. The van der Waals surface area contributed by atoms with Gasteiger partial charge in [-0.1, -0.05) is 42.1 Å². The van der Waals surface area contributed by atoms with Gasteiger partial charge >= 0.3 is 0 Å². The SMILES string of the molecule is C[C@@H](Sc1nnc(-c2cccnc2)n1Cc1ccccc1)c1nc(N)nc(N(C)C)n1. The fraction of sp³-hybridized carbons (Fsp3) is 0.238. The smallest absolute Gasteiger partial charge is 0.229 e. The first kappa shape index (κ1) is 20.7. The average Bonchev–Trinajstić information content (AvgIpc) is 3.16. The van der Waals surface area contributed by atoms with Crippen LogP contribution in [0.4, 0.5) is 11.9 Å². The van der Waals surface area contributed by atoms with Crippen LogP contribution in [0.3, 0.4) is 0 Å². The van der Waals surface area contributed by atoms with E-state index in [0.29, 0.717) is 18.3 Å². The third-order valence-corrected chi connectivity index (χ3v) is 5.60. The molecule has 9 nitrogen and oxygen atoms in total. The summed E-state index contributed by atoms with van der Waals surface area (Å²) < 4.78 is 2.09. The zero-order chi connectivity index (χ0) is 21.8. The molecule has 0 aliphatic carbocycles. The van der Waals surface area contributed by atoms with Crippen LogP contribution in [0.5, 0.6) is 0 Å². The van der Waals surface area contributed by atoms with Crippen LogP contribution in [0.2, 0.25) is 0 Å². The number of thioether (sulfide) groups is 1. The fourth-order valence-corrected chi connectivity index (χ4v) is 3.88. The summed E-state index contributed by atoms with van der Waals surface area (Å²) in [6.45, 7) is 2.65. The Kier molecular flexibility index (Phi) is 6.08. The summed E-state index contributed by atoms with van der Waals surface area (Å²) >= 11 is 1.53. The van der Waals surface area contributed by atoms with Crippen molar-refractivity contribution in [3.63, 3.8) is 0 Å². The van der Waals surface area contributed by atoms with E-state index in [9.17, 15) is 0 Å². The predicted octanol–water partition coefficient (Wildman–Crippen LogP) is 3.07. The topological polar surface area (TPSA) is 112 Å². The zero-order valence-corrected chi connectivity index (χ0v) is 18.4. The maximum absolute atomic E-state index is 5.90. The van der Waals surface area contributed by atoms with Crippen LogP contribution in [0.15, 0.2) is 60.0 Å². The number of pyridine rings is 1. The van der Waals surface area contributed by atoms with Gasteiger partial charge in [-0.25, -0.2) is 0 Å². The molecule has 0 fully saturated rings. The van der Waals surface area contributed by atoms with E-state index < -0.39 is 0 Å². The molecule has 0 unspecified atom stereocenters. The van der Waals surface area contributed by atoms with Crippen LogP contribution in [0, 0.1) is 0 Å². The Labute approximate surface area is 184 Å². The van der Waals surface area contributed by atoms with Crippen molar-refractivity contribution in [1.82, 2.24) is 34.7 Å². The van der Waals surface area contributed by atoms with Crippen LogP contribution in [-0.2, 0) is 6.54 Å². The number of hydrogen-bond acceptors (Lipinski definition) is 9. The summed E-state index contributed by atoms with van der Waals surface area (Å²) in [5, 5.41) is 9.59. The van der Waals surface area contributed by atoms with Crippen LogP contribution in [0.25, 0.3) is 11.4 Å². The van der Waals surface area contributed by atoms with Gasteiger partial charge in [0.05, 0.1) is 11.8 Å². The Hall–Kier alpha value is -3.53. The molecule has 4 rings (SSSR count). The molecular formula is C21H23N9S. The van der Waals surface area contributed by atoms with E-state index >= 15 is 0 Å². The number of rotatable bonds is 7. The van der Waals surface area contributed by atoms with Crippen LogP contribution in [0.1, 0.15) is 23.6 Å². The lowest BCUT2D eigenvalue weighted by molar-refractivity contribution is 0.711. The molecule has 0 aliphatic rings.